The van der Waals surface area contributed by atoms with Crippen molar-refractivity contribution in [3.8, 4) is 5.75 Å². The Morgan fingerprint density at radius 2 is 2.11 bits per heavy atom. The van der Waals surface area contributed by atoms with Crippen molar-refractivity contribution >= 4 is 21.9 Å². The van der Waals surface area contributed by atoms with Crippen molar-refractivity contribution in [1.82, 2.24) is 0 Å². The van der Waals surface area contributed by atoms with Gasteiger partial charge >= 0.3 is 12.6 Å². The number of alkyl halides is 3. The van der Waals surface area contributed by atoms with E-state index in [0.717, 1.165) is 17.3 Å². The zero-order valence-electron chi connectivity index (χ0n) is 9.85. The minimum absolute atomic E-state index is 0.185. The van der Waals surface area contributed by atoms with E-state index in [0.29, 0.717) is 6.42 Å². The molecule has 1 atom stereocenters. The van der Waals surface area contributed by atoms with E-state index in [1.165, 1.54) is 12.1 Å². The molecular formula is C12H13BrF2O4. The zero-order chi connectivity index (χ0) is 14.4. The second kappa shape index (κ2) is 7.40. The van der Waals surface area contributed by atoms with Crippen LogP contribution in [-0.4, -0.2) is 28.1 Å². The average Bonchev–Trinajstić information content (AvgIpc) is 2.35. The number of carbonyl (C=O) groups is 1. The normalized spacial score (nSPS) is 12.5. The highest BCUT2D eigenvalue weighted by molar-refractivity contribution is 9.09. The van der Waals surface area contributed by atoms with Gasteiger partial charge in [-0.05, 0) is 24.5 Å². The maximum Gasteiger partial charge on any atom is 0.387 e. The Kier molecular flexibility index (Phi) is 6.17. The van der Waals surface area contributed by atoms with E-state index in [-0.39, 0.29) is 11.3 Å². The highest BCUT2D eigenvalue weighted by atomic mass is 79.9. The fourth-order valence-corrected chi connectivity index (χ4v) is 1.84. The summed E-state index contributed by atoms with van der Waals surface area (Å²) in [5.74, 6) is -1.83. The number of benzene rings is 1. The van der Waals surface area contributed by atoms with Gasteiger partial charge in [0.15, 0.2) is 6.10 Å². The molecule has 0 radical (unpaired) electrons. The van der Waals surface area contributed by atoms with Crippen LogP contribution in [0.2, 0.25) is 0 Å². The third-order valence-corrected chi connectivity index (χ3v) is 2.98. The third kappa shape index (κ3) is 4.76. The molecule has 1 unspecified atom stereocenters. The molecule has 0 aromatic heterocycles. The number of rotatable bonds is 7. The van der Waals surface area contributed by atoms with Gasteiger partial charge in [-0.15, -0.1) is 0 Å². The first-order chi connectivity index (χ1) is 8.95. The second-order valence-corrected chi connectivity index (χ2v) is 4.58. The molecule has 0 fully saturated rings. The summed E-state index contributed by atoms with van der Waals surface area (Å²) in [6.07, 6.45) is -0.456. The molecule has 0 saturated heterocycles. The van der Waals surface area contributed by atoms with Gasteiger partial charge < -0.3 is 14.9 Å². The Labute approximate surface area is 117 Å². The van der Waals surface area contributed by atoms with Gasteiger partial charge in [-0.1, -0.05) is 28.1 Å². The lowest BCUT2D eigenvalue weighted by atomic mass is 10.0. The maximum atomic E-state index is 12.3. The SMILES string of the molecule is O=C(O)C(O)c1ccc(CCCBr)cc1OC(F)F. The quantitative estimate of drug-likeness (QED) is 0.750. The van der Waals surface area contributed by atoms with Crippen LogP contribution >= 0.6 is 15.9 Å². The van der Waals surface area contributed by atoms with Crippen LogP contribution in [0.15, 0.2) is 18.2 Å². The molecule has 0 aliphatic carbocycles. The Bertz CT molecular complexity index is 440. The van der Waals surface area contributed by atoms with Gasteiger partial charge in [-0.25, -0.2) is 4.79 Å². The van der Waals surface area contributed by atoms with Crippen molar-refractivity contribution in [2.24, 2.45) is 0 Å². The predicted molar refractivity (Wildman–Crippen MR) is 67.8 cm³/mol. The number of aliphatic hydroxyl groups is 1. The minimum atomic E-state index is -3.08. The number of aliphatic hydroxyl groups excluding tert-OH is 1. The summed E-state index contributed by atoms with van der Waals surface area (Å²) >= 11 is 3.25. The van der Waals surface area contributed by atoms with Crippen molar-refractivity contribution in [2.45, 2.75) is 25.6 Å². The summed E-state index contributed by atoms with van der Waals surface area (Å²) < 4.78 is 28.8. The van der Waals surface area contributed by atoms with E-state index in [1.807, 2.05) is 0 Å². The Balaban J connectivity index is 3.05. The van der Waals surface area contributed by atoms with E-state index in [9.17, 15) is 18.7 Å². The second-order valence-electron chi connectivity index (χ2n) is 3.78. The van der Waals surface area contributed by atoms with Crippen molar-refractivity contribution in [2.75, 3.05) is 5.33 Å². The summed E-state index contributed by atoms with van der Waals surface area (Å²) in [7, 11) is 0. The summed E-state index contributed by atoms with van der Waals surface area (Å²) in [4.78, 5) is 10.7. The van der Waals surface area contributed by atoms with Crippen LogP contribution in [0.4, 0.5) is 8.78 Å². The highest BCUT2D eigenvalue weighted by Gasteiger charge is 2.22. The molecule has 106 valence electrons. The smallest absolute Gasteiger partial charge is 0.387 e. The summed E-state index contributed by atoms with van der Waals surface area (Å²) in [5, 5.41) is 18.9. The molecular weight excluding hydrogens is 326 g/mol. The van der Waals surface area contributed by atoms with Crippen LogP contribution in [0.3, 0.4) is 0 Å². The number of hydrogen-bond acceptors (Lipinski definition) is 3. The first-order valence-corrected chi connectivity index (χ1v) is 6.62. The van der Waals surface area contributed by atoms with Gasteiger partial charge in [0.1, 0.15) is 5.75 Å². The van der Waals surface area contributed by atoms with Crippen LogP contribution in [0, 0.1) is 0 Å². The number of carboxylic acid groups (broad SMARTS) is 1. The molecule has 0 amide bonds. The maximum absolute atomic E-state index is 12.3. The minimum Gasteiger partial charge on any atom is -0.479 e. The van der Waals surface area contributed by atoms with Gasteiger partial charge in [0.05, 0.1) is 0 Å². The summed E-state index contributed by atoms with van der Waals surface area (Å²) in [6, 6.07) is 4.21. The van der Waals surface area contributed by atoms with Crippen LogP contribution in [0.25, 0.3) is 0 Å². The molecule has 0 aliphatic rings. The van der Waals surface area contributed by atoms with Gasteiger partial charge in [-0.2, -0.15) is 8.78 Å². The average molecular weight is 339 g/mol. The number of ether oxygens (including phenoxy) is 1. The van der Waals surface area contributed by atoms with Crippen molar-refractivity contribution in [3.63, 3.8) is 0 Å². The van der Waals surface area contributed by atoms with Gasteiger partial charge in [0.2, 0.25) is 0 Å². The van der Waals surface area contributed by atoms with E-state index in [4.69, 9.17) is 5.11 Å². The van der Waals surface area contributed by atoms with Crippen molar-refractivity contribution < 1.29 is 28.5 Å². The molecule has 0 aliphatic heterocycles. The number of aliphatic carboxylic acids is 1. The van der Waals surface area contributed by atoms with E-state index >= 15 is 0 Å². The largest absolute Gasteiger partial charge is 0.479 e. The van der Waals surface area contributed by atoms with Crippen molar-refractivity contribution in [1.29, 1.82) is 0 Å². The molecule has 1 rings (SSSR count). The fourth-order valence-electron chi connectivity index (χ4n) is 1.56. The molecule has 7 heteroatoms. The van der Waals surface area contributed by atoms with Crippen molar-refractivity contribution in [3.05, 3.63) is 29.3 Å². The number of aryl methyl sites for hydroxylation is 1. The highest BCUT2D eigenvalue weighted by Crippen LogP contribution is 2.28. The monoisotopic (exact) mass is 338 g/mol. The number of carboxylic acids is 1. The van der Waals surface area contributed by atoms with Crippen LogP contribution in [0.1, 0.15) is 23.7 Å². The Morgan fingerprint density at radius 3 is 2.63 bits per heavy atom. The van der Waals surface area contributed by atoms with Gasteiger partial charge in [-0.3, -0.25) is 0 Å². The van der Waals surface area contributed by atoms with Crippen LogP contribution < -0.4 is 4.74 Å². The lowest BCUT2D eigenvalue weighted by Gasteiger charge is -2.14. The first-order valence-electron chi connectivity index (χ1n) is 5.50. The lowest BCUT2D eigenvalue weighted by molar-refractivity contribution is -0.147. The first kappa shape index (κ1) is 15.8. The topological polar surface area (TPSA) is 66.8 Å². The molecule has 19 heavy (non-hydrogen) atoms. The van der Waals surface area contributed by atoms with E-state index in [1.54, 1.807) is 6.07 Å². The summed E-state index contributed by atoms with van der Waals surface area (Å²) in [5.41, 5.74) is 0.548. The van der Waals surface area contributed by atoms with Gasteiger partial charge in [0, 0.05) is 10.9 Å². The van der Waals surface area contributed by atoms with E-state index in [2.05, 4.69) is 20.7 Å². The van der Waals surface area contributed by atoms with E-state index < -0.39 is 18.7 Å². The summed E-state index contributed by atoms with van der Waals surface area (Å²) in [6.45, 7) is -3.08. The van der Waals surface area contributed by atoms with Gasteiger partial charge in [0.25, 0.3) is 0 Å². The molecule has 4 nitrogen and oxygen atoms in total. The Morgan fingerprint density at radius 1 is 1.42 bits per heavy atom. The van der Waals surface area contributed by atoms with Crippen LogP contribution in [-0.2, 0) is 11.2 Å². The molecule has 0 heterocycles. The molecule has 0 spiro atoms. The molecule has 1 aromatic rings. The lowest BCUT2D eigenvalue weighted by Crippen LogP contribution is -2.14. The molecule has 2 N–H and O–H groups in total. The number of hydrogen-bond donors (Lipinski definition) is 2. The molecule has 1 aromatic carbocycles. The molecule has 0 bridgehead atoms. The predicted octanol–water partition coefficient (Wildman–Crippen LogP) is 2.73. The molecule has 0 saturated carbocycles. The fraction of sp³-hybridized carbons (Fsp3) is 0.417. The standard InChI is InChI=1S/C12H13BrF2O4/c13-5-1-2-7-3-4-8(10(16)11(17)18)9(6-7)19-12(14)15/h3-4,6,10,12,16H,1-2,5H2,(H,17,18). The third-order valence-electron chi connectivity index (χ3n) is 2.42. The van der Waals surface area contributed by atoms with Crippen LogP contribution in [0.5, 0.6) is 5.75 Å². The number of halogens is 3. The zero-order valence-corrected chi connectivity index (χ0v) is 11.4. The Hall–Kier alpha value is -1.21.